The van der Waals surface area contributed by atoms with Crippen molar-refractivity contribution in [1.29, 1.82) is 0 Å². The third-order valence-electron chi connectivity index (χ3n) is 6.99. The van der Waals surface area contributed by atoms with Crippen molar-refractivity contribution in [3.05, 3.63) is 54.0 Å². The van der Waals surface area contributed by atoms with Crippen molar-refractivity contribution < 1.29 is 37.0 Å². The summed E-state index contributed by atoms with van der Waals surface area (Å²) >= 11 is 0. The zero-order valence-electron chi connectivity index (χ0n) is 19.9. The number of carbonyl (C=O) groups is 2. The Morgan fingerprint density at radius 3 is 2.42 bits per heavy atom. The van der Waals surface area contributed by atoms with Crippen molar-refractivity contribution in [2.45, 2.75) is 62.8 Å². The zero-order chi connectivity index (χ0) is 25.8. The van der Waals surface area contributed by atoms with Gasteiger partial charge < -0.3 is 19.6 Å². The number of halogens is 3. The highest BCUT2D eigenvalue weighted by molar-refractivity contribution is 5.77. The number of likely N-dealkylation sites (tertiary alicyclic amines) is 1. The molecule has 2 N–H and O–H groups in total. The molecule has 10 heteroatoms. The van der Waals surface area contributed by atoms with Crippen molar-refractivity contribution in [3.8, 4) is 5.75 Å². The molecule has 2 aromatic rings. The van der Waals surface area contributed by atoms with E-state index in [1.165, 1.54) is 18.4 Å². The molecule has 196 valence electrons. The van der Waals surface area contributed by atoms with E-state index < -0.39 is 12.1 Å². The number of alkyl halides is 3. The van der Waals surface area contributed by atoms with Gasteiger partial charge in [0, 0.05) is 32.0 Å². The van der Waals surface area contributed by atoms with Gasteiger partial charge in [0.05, 0.1) is 12.8 Å². The van der Waals surface area contributed by atoms with E-state index in [1.54, 1.807) is 6.26 Å². The number of piperidine rings is 1. The van der Waals surface area contributed by atoms with E-state index in [0.29, 0.717) is 12.3 Å². The summed E-state index contributed by atoms with van der Waals surface area (Å²) < 4.78 is 43.8. The molecule has 2 aliphatic heterocycles. The lowest BCUT2D eigenvalue weighted by Gasteiger charge is -2.46. The number of furan rings is 1. The Morgan fingerprint density at radius 1 is 1.11 bits per heavy atom. The van der Waals surface area contributed by atoms with Crippen LogP contribution >= 0.6 is 0 Å². The number of amides is 1. The summed E-state index contributed by atoms with van der Waals surface area (Å²) in [5.41, 5.74) is 1.04. The fraction of sp³-hybridized carbons (Fsp3) is 0.538. The molecule has 1 saturated heterocycles. The summed E-state index contributed by atoms with van der Waals surface area (Å²) in [6, 6.07) is 12.3. The maximum atomic E-state index is 12.6. The van der Waals surface area contributed by atoms with Crippen LogP contribution in [-0.2, 0) is 16.1 Å². The average Bonchev–Trinajstić information content (AvgIpc) is 3.53. The molecule has 5 rings (SSSR count). The number of carboxylic acids is 1. The van der Waals surface area contributed by atoms with E-state index in [-0.39, 0.29) is 17.4 Å². The van der Waals surface area contributed by atoms with Gasteiger partial charge >= 0.3 is 12.1 Å². The normalized spacial score (nSPS) is 21.0. The van der Waals surface area contributed by atoms with Crippen molar-refractivity contribution in [2.75, 3.05) is 19.6 Å². The first-order valence-corrected chi connectivity index (χ1v) is 12.2. The minimum atomic E-state index is -5.08. The molecule has 36 heavy (non-hydrogen) atoms. The van der Waals surface area contributed by atoms with Crippen LogP contribution in [0.1, 0.15) is 55.8 Å². The summed E-state index contributed by atoms with van der Waals surface area (Å²) in [6.07, 6.45) is 2.64. The van der Waals surface area contributed by atoms with Crippen LogP contribution in [0.3, 0.4) is 0 Å². The van der Waals surface area contributed by atoms with E-state index in [9.17, 15) is 18.0 Å². The van der Waals surface area contributed by atoms with E-state index in [1.807, 2.05) is 18.2 Å². The fourth-order valence-electron chi connectivity index (χ4n) is 4.85. The number of carbonyl (C=O) groups excluding carboxylic acids is 1. The number of carboxylic acid groups (broad SMARTS) is 1. The first-order chi connectivity index (χ1) is 17.1. The molecule has 1 aromatic carbocycles. The average molecular weight is 509 g/mol. The number of hydrogen-bond donors (Lipinski definition) is 2. The highest BCUT2D eigenvalue weighted by Gasteiger charge is 2.43. The number of para-hydroxylation sites is 1. The number of fused-ring (bicyclic) bond motifs is 1. The molecule has 1 aliphatic carbocycles. The minimum absolute atomic E-state index is 0.157. The minimum Gasteiger partial charge on any atom is -0.487 e. The molecular weight excluding hydrogens is 477 g/mol. The smallest absolute Gasteiger partial charge is 0.487 e. The van der Waals surface area contributed by atoms with Gasteiger partial charge in [-0.25, -0.2) is 4.79 Å². The van der Waals surface area contributed by atoms with Gasteiger partial charge in [-0.3, -0.25) is 9.69 Å². The summed E-state index contributed by atoms with van der Waals surface area (Å²) in [4.78, 5) is 23.9. The summed E-state index contributed by atoms with van der Waals surface area (Å²) in [5.74, 6) is 0.359. The molecule has 3 aliphatic rings. The van der Waals surface area contributed by atoms with Crippen LogP contribution in [-0.4, -0.2) is 53.3 Å². The lowest BCUT2D eigenvalue weighted by atomic mass is 9.76. The Balaban J connectivity index is 0.000000384. The third-order valence-corrected chi connectivity index (χ3v) is 6.99. The lowest BCUT2D eigenvalue weighted by molar-refractivity contribution is -0.192. The van der Waals surface area contributed by atoms with Gasteiger partial charge in [0.2, 0.25) is 5.91 Å². The molecule has 1 spiro atoms. The number of nitrogens with one attached hydrogen (secondary N) is 1. The Morgan fingerprint density at radius 2 is 1.81 bits per heavy atom. The molecule has 0 radical (unpaired) electrons. The molecule has 1 saturated carbocycles. The molecule has 2 fully saturated rings. The standard InChI is InChI=1S/C24H30N2O3.C2HF3O2/c27-23(25-16-18-7-8-18)14-19-15-24(29-22-6-2-1-5-21(19)22)9-11-26(12-10-24)17-20-4-3-13-28-20;3-2(4,5)1(6)7/h1-6,13,18-19H,7-12,14-17H2,(H,25,27);(H,6,7). The van der Waals surface area contributed by atoms with Gasteiger partial charge in [0.15, 0.2) is 0 Å². The first-order valence-electron chi connectivity index (χ1n) is 12.2. The van der Waals surface area contributed by atoms with Crippen LogP contribution in [0.15, 0.2) is 47.1 Å². The molecule has 0 bridgehead atoms. The van der Waals surface area contributed by atoms with Gasteiger partial charge in [0.25, 0.3) is 0 Å². The van der Waals surface area contributed by atoms with Crippen LogP contribution in [0, 0.1) is 5.92 Å². The van der Waals surface area contributed by atoms with Crippen molar-refractivity contribution >= 4 is 11.9 Å². The van der Waals surface area contributed by atoms with Crippen LogP contribution in [0.5, 0.6) is 5.75 Å². The third kappa shape index (κ3) is 7.02. The fourth-order valence-corrected chi connectivity index (χ4v) is 4.85. The molecular formula is C26H31F3N2O5. The predicted molar refractivity (Wildman–Crippen MR) is 124 cm³/mol. The van der Waals surface area contributed by atoms with Crippen molar-refractivity contribution in [3.63, 3.8) is 0 Å². The van der Waals surface area contributed by atoms with Gasteiger partial charge in [0.1, 0.15) is 17.1 Å². The molecule has 1 amide bonds. The van der Waals surface area contributed by atoms with E-state index in [4.69, 9.17) is 19.1 Å². The van der Waals surface area contributed by atoms with Crippen molar-refractivity contribution in [2.24, 2.45) is 5.92 Å². The molecule has 1 unspecified atom stereocenters. The number of benzene rings is 1. The lowest BCUT2D eigenvalue weighted by Crippen LogP contribution is -2.50. The highest BCUT2D eigenvalue weighted by Crippen LogP contribution is 2.46. The predicted octanol–water partition coefficient (Wildman–Crippen LogP) is 4.73. The molecule has 7 nitrogen and oxygen atoms in total. The van der Waals surface area contributed by atoms with Crippen LogP contribution in [0.4, 0.5) is 13.2 Å². The molecule has 1 atom stereocenters. The Labute approximate surface area is 207 Å². The second-order valence-corrected chi connectivity index (χ2v) is 9.83. The van der Waals surface area contributed by atoms with Crippen LogP contribution in [0.2, 0.25) is 0 Å². The van der Waals surface area contributed by atoms with E-state index in [2.05, 4.69) is 28.4 Å². The number of aliphatic carboxylic acids is 1. The number of hydrogen-bond acceptors (Lipinski definition) is 5. The SMILES string of the molecule is O=C(CC1CC2(CCN(Cc3ccco3)CC2)Oc2ccccc21)NCC1CC1.O=C(O)C(F)(F)F. The number of nitrogens with zero attached hydrogens (tertiary/aromatic N) is 1. The first kappa shape index (κ1) is 26.1. The maximum Gasteiger partial charge on any atom is 0.490 e. The van der Waals surface area contributed by atoms with Gasteiger partial charge in [-0.05, 0) is 61.8 Å². The van der Waals surface area contributed by atoms with E-state index >= 15 is 0 Å². The Hall–Kier alpha value is -3.01. The summed E-state index contributed by atoms with van der Waals surface area (Å²) in [7, 11) is 0. The highest BCUT2D eigenvalue weighted by atomic mass is 19.4. The van der Waals surface area contributed by atoms with Crippen molar-refractivity contribution in [1.82, 2.24) is 10.2 Å². The van der Waals surface area contributed by atoms with Gasteiger partial charge in [-0.2, -0.15) is 13.2 Å². The molecule has 1 aromatic heterocycles. The van der Waals surface area contributed by atoms with Gasteiger partial charge in [-0.1, -0.05) is 18.2 Å². The molecule has 3 heterocycles. The summed E-state index contributed by atoms with van der Waals surface area (Å²) in [5, 5.41) is 10.3. The van der Waals surface area contributed by atoms with Gasteiger partial charge in [-0.15, -0.1) is 0 Å². The monoisotopic (exact) mass is 508 g/mol. The second-order valence-electron chi connectivity index (χ2n) is 9.83. The second kappa shape index (κ2) is 10.9. The Kier molecular flexibility index (Phi) is 7.92. The van der Waals surface area contributed by atoms with Crippen LogP contribution < -0.4 is 10.1 Å². The quantitative estimate of drug-likeness (QED) is 0.586. The zero-order valence-corrected chi connectivity index (χ0v) is 19.9. The Bertz CT molecular complexity index is 1030. The topological polar surface area (TPSA) is 92.0 Å². The summed E-state index contributed by atoms with van der Waals surface area (Å²) in [6.45, 7) is 3.68. The van der Waals surface area contributed by atoms with Crippen LogP contribution in [0.25, 0.3) is 0 Å². The van der Waals surface area contributed by atoms with E-state index in [0.717, 1.165) is 57.0 Å². The maximum absolute atomic E-state index is 12.6. The number of rotatable bonds is 6. The largest absolute Gasteiger partial charge is 0.490 e. The number of ether oxygens (including phenoxy) is 1.